The number of alkyl halides is 3. The number of nitrogens with one attached hydrogen (secondary N) is 2. The summed E-state index contributed by atoms with van der Waals surface area (Å²) in [6.45, 7) is 15.1. The van der Waals surface area contributed by atoms with E-state index in [0.717, 1.165) is 24.5 Å². The van der Waals surface area contributed by atoms with E-state index in [1.165, 1.54) is 12.1 Å². The van der Waals surface area contributed by atoms with Gasteiger partial charge in [-0.05, 0) is 73.1 Å². The van der Waals surface area contributed by atoms with Crippen LogP contribution >= 0.6 is 12.2 Å². The summed E-state index contributed by atoms with van der Waals surface area (Å²) < 4.78 is 43.9. The van der Waals surface area contributed by atoms with E-state index in [-0.39, 0.29) is 42.3 Å². The monoisotopic (exact) mass is 668 g/mol. The van der Waals surface area contributed by atoms with Crippen molar-refractivity contribution in [3.8, 4) is 6.07 Å². The molecule has 1 heterocycles. The third kappa shape index (κ3) is 11.7. The van der Waals surface area contributed by atoms with Crippen LogP contribution in [0.1, 0.15) is 89.3 Å². The molecule has 0 spiro atoms. The molecule has 254 valence electrons. The Hall–Kier alpha value is -3.91. The molecule has 0 aliphatic carbocycles. The topological polar surface area (TPSA) is 86.0 Å². The number of imidazole rings is 1. The predicted octanol–water partition coefficient (Wildman–Crippen LogP) is 7.49. The van der Waals surface area contributed by atoms with Crippen LogP contribution in [0.15, 0.2) is 61.1 Å². The maximum atomic E-state index is 14.0. The fourth-order valence-electron chi connectivity index (χ4n) is 5.93. The van der Waals surface area contributed by atoms with E-state index in [1.807, 2.05) is 44.4 Å². The maximum absolute atomic E-state index is 14.0. The highest BCUT2D eigenvalue weighted by Gasteiger charge is 2.35. The average Bonchev–Trinajstić information content (AvgIpc) is 3.40. The molecule has 1 aromatic heterocycles. The largest absolute Gasteiger partial charge is 0.416 e. The van der Waals surface area contributed by atoms with Crippen LogP contribution in [-0.4, -0.2) is 43.6 Å². The van der Waals surface area contributed by atoms with Crippen LogP contribution in [0.4, 0.5) is 13.2 Å². The van der Waals surface area contributed by atoms with Crippen LogP contribution in [0, 0.1) is 22.7 Å². The lowest BCUT2D eigenvalue weighted by Crippen LogP contribution is -2.55. The van der Waals surface area contributed by atoms with E-state index in [0.29, 0.717) is 22.9 Å². The fourth-order valence-corrected chi connectivity index (χ4v) is 6.34. The number of hydrogen-bond acceptors (Lipinski definition) is 4. The second-order valence-corrected chi connectivity index (χ2v) is 14.5. The van der Waals surface area contributed by atoms with Crippen molar-refractivity contribution in [2.24, 2.45) is 11.3 Å². The van der Waals surface area contributed by atoms with Crippen molar-refractivity contribution in [3.05, 3.63) is 89.0 Å². The third-order valence-electron chi connectivity index (χ3n) is 8.06. The predicted molar refractivity (Wildman–Crippen MR) is 183 cm³/mol. The summed E-state index contributed by atoms with van der Waals surface area (Å²) in [5, 5.41) is 16.0. The molecule has 11 heteroatoms. The van der Waals surface area contributed by atoms with Crippen molar-refractivity contribution in [3.63, 3.8) is 0 Å². The van der Waals surface area contributed by atoms with Crippen LogP contribution < -0.4 is 10.6 Å². The number of rotatable bonds is 13. The molecular formula is C36H47F3N6OS. The quantitative estimate of drug-likeness (QED) is 0.184. The van der Waals surface area contributed by atoms with Crippen LogP contribution in [-0.2, 0) is 30.5 Å². The molecule has 2 atom stereocenters. The number of hydrogen-bond donors (Lipinski definition) is 2. The molecule has 0 saturated heterocycles. The number of amides is 1. The zero-order valence-corrected chi connectivity index (χ0v) is 29.2. The lowest BCUT2D eigenvalue weighted by atomic mass is 9.82. The average molecular weight is 669 g/mol. The minimum Gasteiger partial charge on any atom is -0.358 e. The van der Waals surface area contributed by atoms with Gasteiger partial charge >= 0.3 is 6.18 Å². The molecule has 7 nitrogen and oxygen atoms in total. The first-order valence-electron chi connectivity index (χ1n) is 15.9. The van der Waals surface area contributed by atoms with Gasteiger partial charge in [0.05, 0.1) is 29.9 Å². The van der Waals surface area contributed by atoms with Gasteiger partial charge in [-0.2, -0.15) is 18.4 Å². The van der Waals surface area contributed by atoms with Crippen LogP contribution in [0.25, 0.3) is 0 Å². The molecule has 0 fully saturated rings. The number of carbonyl (C=O) groups excluding carboxylic acids is 1. The molecule has 0 aliphatic rings. The van der Waals surface area contributed by atoms with E-state index in [4.69, 9.17) is 17.5 Å². The minimum atomic E-state index is -4.52. The van der Waals surface area contributed by atoms with Gasteiger partial charge in [-0.1, -0.05) is 71.4 Å². The standard InChI is InChI=1S/C36H47F3N6OS/c1-8-25(2)31(42-32(46)17-29-19-41-24-45(29)20-27-15-13-26(18-40)14-16-27)22-44(33(47)43-35(6,7)23-34(3,4)5)21-28-11-9-10-12-30(28)36(37,38)39/h9-16,19,24-25,31H,8,17,20-23H2,1-7H3,(H,42,46)(H,43,47)/t25-,31+/m0/s1. The number of benzene rings is 2. The number of carbonyl (C=O) groups is 1. The summed E-state index contributed by atoms with van der Waals surface area (Å²) >= 11 is 5.88. The first-order chi connectivity index (χ1) is 21.9. The Morgan fingerprint density at radius 2 is 1.74 bits per heavy atom. The van der Waals surface area contributed by atoms with Crippen molar-refractivity contribution in [2.45, 2.75) is 98.6 Å². The summed E-state index contributed by atoms with van der Waals surface area (Å²) in [7, 11) is 0. The lowest BCUT2D eigenvalue weighted by Gasteiger charge is -2.39. The highest BCUT2D eigenvalue weighted by Crippen LogP contribution is 2.33. The third-order valence-corrected chi connectivity index (χ3v) is 8.42. The molecular weight excluding hydrogens is 621 g/mol. The van der Waals surface area contributed by atoms with Crippen molar-refractivity contribution >= 4 is 23.2 Å². The molecule has 0 saturated carbocycles. The highest BCUT2D eigenvalue weighted by atomic mass is 32.1. The number of thiocarbonyl (C=S) groups is 1. The number of nitrogens with zero attached hydrogens (tertiary/aromatic N) is 4. The Balaban J connectivity index is 1.85. The summed E-state index contributed by atoms with van der Waals surface area (Å²) in [5.74, 6) is -0.215. The summed E-state index contributed by atoms with van der Waals surface area (Å²) in [4.78, 5) is 19.5. The van der Waals surface area contributed by atoms with Gasteiger partial charge in [-0.3, -0.25) is 4.79 Å². The Kier molecular flexibility index (Phi) is 12.6. The molecule has 0 aliphatic heterocycles. The van der Waals surface area contributed by atoms with Gasteiger partial charge < -0.3 is 20.1 Å². The van der Waals surface area contributed by atoms with Gasteiger partial charge in [-0.25, -0.2) is 4.98 Å². The second kappa shape index (κ2) is 15.8. The SMILES string of the molecule is CC[C@H](C)[C@@H](CN(Cc1ccccc1C(F)(F)F)C(=S)NC(C)(C)CC(C)(C)C)NC(=O)Cc1cncn1Cc1ccc(C#N)cc1. The number of aromatic nitrogens is 2. The maximum Gasteiger partial charge on any atom is 0.416 e. The van der Waals surface area contributed by atoms with Crippen LogP contribution in [0.2, 0.25) is 0 Å². The zero-order valence-electron chi connectivity index (χ0n) is 28.4. The molecule has 0 radical (unpaired) electrons. The Morgan fingerprint density at radius 1 is 1.09 bits per heavy atom. The molecule has 1 amide bonds. The van der Waals surface area contributed by atoms with Crippen LogP contribution in [0.5, 0.6) is 0 Å². The number of nitriles is 1. The van der Waals surface area contributed by atoms with Gasteiger partial charge in [0.15, 0.2) is 5.11 Å². The van der Waals surface area contributed by atoms with Gasteiger partial charge in [-0.15, -0.1) is 0 Å². The van der Waals surface area contributed by atoms with E-state index in [2.05, 4.69) is 42.5 Å². The fraction of sp³-hybridized carbons (Fsp3) is 0.500. The first kappa shape index (κ1) is 37.5. The van der Waals surface area contributed by atoms with Crippen molar-refractivity contribution in [1.29, 1.82) is 5.26 Å². The van der Waals surface area contributed by atoms with E-state index in [9.17, 15) is 18.0 Å². The van der Waals surface area contributed by atoms with Crippen LogP contribution in [0.3, 0.4) is 0 Å². The van der Waals surface area contributed by atoms with Crippen molar-refractivity contribution < 1.29 is 18.0 Å². The molecule has 0 unspecified atom stereocenters. The Labute approximate surface area is 282 Å². The lowest BCUT2D eigenvalue weighted by molar-refractivity contribution is -0.138. The van der Waals surface area contributed by atoms with E-state index in [1.54, 1.807) is 35.6 Å². The Bertz CT molecular complexity index is 1540. The molecule has 3 aromatic rings. The zero-order chi connectivity index (χ0) is 35.0. The van der Waals surface area contributed by atoms with E-state index >= 15 is 0 Å². The van der Waals surface area contributed by atoms with Crippen molar-refractivity contribution in [2.75, 3.05) is 6.54 Å². The summed E-state index contributed by atoms with van der Waals surface area (Å²) in [5.41, 5.74) is 1.20. The molecule has 3 rings (SSSR count). The number of halogens is 3. The second-order valence-electron chi connectivity index (χ2n) is 14.1. The Morgan fingerprint density at radius 3 is 2.34 bits per heavy atom. The smallest absolute Gasteiger partial charge is 0.358 e. The first-order valence-corrected chi connectivity index (χ1v) is 16.3. The van der Waals surface area contributed by atoms with Crippen molar-refractivity contribution in [1.82, 2.24) is 25.1 Å². The van der Waals surface area contributed by atoms with Gasteiger partial charge in [0.2, 0.25) is 5.91 Å². The molecule has 2 aromatic carbocycles. The van der Waals surface area contributed by atoms with Gasteiger partial charge in [0.1, 0.15) is 0 Å². The molecule has 0 bridgehead atoms. The summed E-state index contributed by atoms with van der Waals surface area (Å²) in [6, 6.07) is 14.5. The van der Waals surface area contributed by atoms with Gasteiger partial charge in [0.25, 0.3) is 0 Å². The molecule has 47 heavy (non-hydrogen) atoms. The highest BCUT2D eigenvalue weighted by molar-refractivity contribution is 7.80. The van der Waals surface area contributed by atoms with Gasteiger partial charge in [0, 0.05) is 43.1 Å². The summed E-state index contributed by atoms with van der Waals surface area (Å²) in [6.07, 6.45) is 0.378. The van der Waals surface area contributed by atoms with E-state index < -0.39 is 23.3 Å². The normalized spacial score (nSPS) is 13.4. The minimum absolute atomic E-state index is 0.00764. The molecule has 2 N–H and O–H groups in total.